The molecule has 4 heterocycles. The van der Waals surface area contributed by atoms with Gasteiger partial charge in [0.2, 0.25) is 0 Å². The number of ketones is 1. The van der Waals surface area contributed by atoms with E-state index in [0.29, 0.717) is 47.6 Å². The van der Waals surface area contributed by atoms with Crippen LogP contribution >= 0.6 is 11.6 Å². The number of nitrogens with one attached hydrogen (secondary N) is 2. The first-order valence-corrected chi connectivity index (χ1v) is 12.0. The normalized spacial score (nSPS) is 22.7. The highest BCUT2D eigenvalue weighted by Crippen LogP contribution is 2.30. The average Bonchev–Trinajstić information content (AvgIpc) is 2.80. The number of hydrogen-bond donors (Lipinski definition) is 2. The lowest BCUT2D eigenvalue weighted by Gasteiger charge is -2.35. The predicted octanol–water partition coefficient (Wildman–Crippen LogP) is 4.06. The zero-order valence-corrected chi connectivity index (χ0v) is 19.9. The summed E-state index contributed by atoms with van der Waals surface area (Å²) < 4.78 is 20.2. The molecule has 2 fully saturated rings. The number of anilines is 1. The van der Waals surface area contributed by atoms with Crippen LogP contribution in [0.5, 0.6) is 0 Å². The fourth-order valence-electron chi connectivity index (χ4n) is 4.61. The molecule has 9 heteroatoms. The average molecular weight is 476 g/mol. The van der Waals surface area contributed by atoms with Gasteiger partial charge in [-0.15, -0.1) is 0 Å². The molecule has 0 radical (unpaired) electrons. The molecule has 1 unspecified atom stereocenters. The summed E-state index contributed by atoms with van der Waals surface area (Å²) in [5, 5.41) is 6.76. The Morgan fingerprint density at radius 2 is 2.18 bits per heavy atom. The van der Waals surface area contributed by atoms with Crippen molar-refractivity contribution in [2.24, 2.45) is 11.8 Å². The number of piperidine rings is 1. The van der Waals surface area contributed by atoms with Crippen molar-refractivity contribution in [2.75, 3.05) is 31.6 Å². The van der Waals surface area contributed by atoms with E-state index >= 15 is 0 Å². The number of hydrogen-bond acceptors (Lipinski definition) is 7. The molecule has 2 aliphatic heterocycles. The van der Waals surface area contributed by atoms with Crippen LogP contribution < -0.4 is 10.6 Å². The van der Waals surface area contributed by atoms with E-state index in [4.69, 9.17) is 16.3 Å². The first-order chi connectivity index (χ1) is 15.8. The van der Waals surface area contributed by atoms with Gasteiger partial charge in [-0.1, -0.05) is 11.6 Å². The monoisotopic (exact) mass is 475 g/mol. The topological polar surface area (TPSA) is 89.0 Å². The molecule has 0 saturated carbocycles. The van der Waals surface area contributed by atoms with Crippen LogP contribution in [0.15, 0.2) is 18.5 Å². The molecule has 2 atom stereocenters. The van der Waals surface area contributed by atoms with Crippen LogP contribution in [-0.4, -0.2) is 52.6 Å². The SMILES string of the molecule is CC1(C)CC(CNc2nc(-c3cc(CC(=O)[C@@H]4CCCNC4)ncc3Cl)cnc2F)CCO1. The van der Waals surface area contributed by atoms with Crippen molar-refractivity contribution >= 4 is 23.2 Å². The lowest BCUT2D eigenvalue weighted by molar-refractivity contribution is -0.122. The number of carbonyl (C=O) groups excluding carboxylic acids is 1. The maximum absolute atomic E-state index is 14.4. The van der Waals surface area contributed by atoms with Crippen LogP contribution in [-0.2, 0) is 16.0 Å². The maximum Gasteiger partial charge on any atom is 0.255 e. The molecular weight excluding hydrogens is 445 g/mol. The van der Waals surface area contributed by atoms with Crippen LogP contribution in [0.4, 0.5) is 10.2 Å². The molecule has 33 heavy (non-hydrogen) atoms. The van der Waals surface area contributed by atoms with E-state index in [0.717, 1.165) is 32.2 Å². The van der Waals surface area contributed by atoms with Crippen molar-refractivity contribution in [1.29, 1.82) is 0 Å². The Kier molecular flexibility index (Phi) is 7.56. The number of pyridine rings is 1. The molecule has 2 aromatic heterocycles. The van der Waals surface area contributed by atoms with E-state index < -0.39 is 5.95 Å². The number of Topliss-reactive ketones (excluding diaryl/α,β-unsaturated/α-hetero) is 1. The van der Waals surface area contributed by atoms with Gasteiger partial charge in [-0.25, -0.2) is 9.97 Å². The van der Waals surface area contributed by atoms with Crippen LogP contribution in [0.1, 0.15) is 45.2 Å². The predicted molar refractivity (Wildman–Crippen MR) is 126 cm³/mol. The third-order valence-corrected chi connectivity index (χ3v) is 6.68. The molecule has 2 N–H and O–H groups in total. The minimum absolute atomic E-state index is 0.0104. The lowest BCUT2D eigenvalue weighted by Crippen LogP contribution is -2.36. The van der Waals surface area contributed by atoms with Gasteiger partial charge in [-0.05, 0) is 58.1 Å². The number of ether oxygens (including phenoxy) is 1. The van der Waals surface area contributed by atoms with Gasteiger partial charge < -0.3 is 15.4 Å². The molecule has 7 nitrogen and oxygen atoms in total. The van der Waals surface area contributed by atoms with Crippen molar-refractivity contribution in [3.8, 4) is 11.3 Å². The summed E-state index contributed by atoms with van der Waals surface area (Å²) in [6, 6.07) is 1.75. The molecule has 0 amide bonds. The molecule has 0 aliphatic carbocycles. The fraction of sp³-hybridized carbons (Fsp3) is 0.583. The molecule has 0 aromatic carbocycles. The zero-order chi connectivity index (χ0) is 23.4. The third kappa shape index (κ3) is 6.25. The first-order valence-electron chi connectivity index (χ1n) is 11.6. The lowest BCUT2D eigenvalue weighted by atomic mass is 9.88. The zero-order valence-electron chi connectivity index (χ0n) is 19.2. The van der Waals surface area contributed by atoms with Crippen molar-refractivity contribution in [3.05, 3.63) is 35.1 Å². The molecule has 2 aromatic rings. The molecular formula is C24H31ClFN5O2. The van der Waals surface area contributed by atoms with Gasteiger partial charge in [0.25, 0.3) is 5.95 Å². The highest BCUT2D eigenvalue weighted by molar-refractivity contribution is 6.33. The van der Waals surface area contributed by atoms with E-state index in [-0.39, 0.29) is 29.5 Å². The number of aromatic nitrogens is 3. The highest BCUT2D eigenvalue weighted by Gasteiger charge is 2.29. The first kappa shape index (κ1) is 24.0. The summed E-state index contributed by atoms with van der Waals surface area (Å²) >= 11 is 6.39. The van der Waals surface area contributed by atoms with E-state index in [1.165, 1.54) is 12.4 Å². The summed E-state index contributed by atoms with van der Waals surface area (Å²) in [6.45, 7) is 7.08. The summed E-state index contributed by atoms with van der Waals surface area (Å²) in [5.74, 6) is -0.0350. The molecule has 0 bridgehead atoms. The second-order valence-corrected chi connectivity index (χ2v) is 9.99. The Morgan fingerprint density at radius 3 is 2.94 bits per heavy atom. The van der Waals surface area contributed by atoms with Crippen molar-refractivity contribution in [1.82, 2.24) is 20.3 Å². The molecule has 0 spiro atoms. The van der Waals surface area contributed by atoms with E-state index in [1.54, 1.807) is 6.07 Å². The highest BCUT2D eigenvalue weighted by atomic mass is 35.5. The summed E-state index contributed by atoms with van der Waals surface area (Å²) in [4.78, 5) is 25.3. The summed E-state index contributed by atoms with van der Waals surface area (Å²) in [7, 11) is 0. The van der Waals surface area contributed by atoms with Gasteiger partial charge in [0.15, 0.2) is 5.82 Å². The second kappa shape index (κ2) is 10.4. The molecule has 2 saturated heterocycles. The Morgan fingerprint density at radius 1 is 1.33 bits per heavy atom. The van der Waals surface area contributed by atoms with E-state index in [2.05, 4.69) is 39.4 Å². The van der Waals surface area contributed by atoms with Crippen molar-refractivity contribution < 1.29 is 13.9 Å². The Labute approximate surface area is 198 Å². The maximum atomic E-state index is 14.4. The minimum atomic E-state index is -0.657. The van der Waals surface area contributed by atoms with Crippen molar-refractivity contribution in [3.63, 3.8) is 0 Å². The molecule has 178 valence electrons. The fourth-order valence-corrected chi connectivity index (χ4v) is 4.81. The van der Waals surface area contributed by atoms with Gasteiger partial charge >= 0.3 is 0 Å². The second-order valence-electron chi connectivity index (χ2n) is 9.58. The molecule has 4 rings (SSSR count). The number of nitrogens with zero attached hydrogens (tertiary/aromatic N) is 3. The Balaban J connectivity index is 1.48. The number of carbonyl (C=O) groups is 1. The van der Waals surface area contributed by atoms with Gasteiger partial charge in [0, 0.05) is 49.5 Å². The quantitative estimate of drug-likeness (QED) is 0.624. The van der Waals surface area contributed by atoms with Crippen LogP contribution in [0.2, 0.25) is 5.02 Å². The number of rotatable bonds is 7. The van der Waals surface area contributed by atoms with E-state index in [1.807, 2.05) is 0 Å². The van der Waals surface area contributed by atoms with Gasteiger partial charge in [-0.2, -0.15) is 4.39 Å². The largest absolute Gasteiger partial charge is 0.376 e. The Hall–Kier alpha value is -2.16. The van der Waals surface area contributed by atoms with Crippen LogP contribution in [0.3, 0.4) is 0 Å². The standard InChI is InChI=1S/C24H31ClFN5O2/c1-24(2)10-15(5-7-33-24)11-30-23-22(26)29-14-20(31-23)18-8-17(28-13-19(18)25)9-21(32)16-4-3-6-27-12-16/h8,13-16,27H,3-7,9-12H2,1-2H3,(H,30,31)/t15?,16-/m1/s1. The van der Waals surface area contributed by atoms with Gasteiger partial charge in [-0.3, -0.25) is 9.78 Å². The number of halogens is 2. The minimum Gasteiger partial charge on any atom is -0.376 e. The van der Waals surface area contributed by atoms with Gasteiger partial charge in [0.1, 0.15) is 5.78 Å². The smallest absolute Gasteiger partial charge is 0.255 e. The van der Waals surface area contributed by atoms with Crippen LogP contribution in [0.25, 0.3) is 11.3 Å². The third-order valence-electron chi connectivity index (χ3n) is 6.38. The summed E-state index contributed by atoms with van der Waals surface area (Å²) in [5.41, 5.74) is 1.46. The molecule has 2 aliphatic rings. The Bertz CT molecular complexity index is 997. The summed E-state index contributed by atoms with van der Waals surface area (Å²) in [6.07, 6.45) is 6.80. The van der Waals surface area contributed by atoms with Gasteiger partial charge in [0.05, 0.1) is 22.5 Å². The van der Waals surface area contributed by atoms with E-state index in [9.17, 15) is 9.18 Å². The van der Waals surface area contributed by atoms with Crippen LogP contribution in [0, 0.1) is 17.8 Å². The van der Waals surface area contributed by atoms with Crippen molar-refractivity contribution in [2.45, 2.75) is 51.6 Å².